The second-order valence-electron chi connectivity index (χ2n) is 9.03. The van der Waals surface area contributed by atoms with Crippen LogP contribution < -0.4 is 21.5 Å². The molecule has 1 heterocycles. The molecular formula is C30H25O6P3. The van der Waals surface area contributed by atoms with Crippen molar-refractivity contribution >= 4 is 56.1 Å². The maximum atomic E-state index is 14.5. The van der Waals surface area contributed by atoms with Crippen LogP contribution in [-0.4, -0.2) is 10.4 Å². The minimum atomic E-state index is -3.30. The Balaban J connectivity index is 1.75. The number of fused-ring (bicyclic) bond motifs is 1. The SMILES string of the molecule is O=C(Cc1cc2ccccc2oc1=O)C([PH](=O)c1ccccc1)([PH](=O)c1ccccc1)[PH](=O)c1ccccc1. The highest BCUT2D eigenvalue weighted by Crippen LogP contribution is 2.67. The third-order valence-electron chi connectivity index (χ3n) is 6.61. The van der Waals surface area contributed by atoms with Gasteiger partial charge in [-0.15, -0.1) is 0 Å². The molecule has 196 valence electrons. The normalized spacial score (nSPS) is 15.2. The highest BCUT2D eigenvalue weighted by molar-refractivity contribution is 7.90. The molecule has 9 heteroatoms. The van der Waals surface area contributed by atoms with Crippen molar-refractivity contribution in [3.8, 4) is 0 Å². The molecule has 39 heavy (non-hydrogen) atoms. The van der Waals surface area contributed by atoms with E-state index in [0.717, 1.165) is 0 Å². The van der Waals surface area contributed by atoms with Gasteiger partial charge in [0.1, 0.15) is 29.0 Å². The Labute approximate surface area is 227 Å². The number of Topliss-reactive ketones (excluding diaryl/α,β-unsaturated/α-hetero) is 1. The van der Waals surface area contributed by atoms with Gasteiger partial charge in [0, 0.05) is 33.3 Å². The van der Waals surface area contributed by atoms with Gasteiger partial charge in [0.2, 0.25) is 0 Å². The van der Waals surface area contributed by atoms with E-state index in [-0.39, 0.29) is 5.56 Å². The van der Waals surface area contributed by atoms with E-state index in [1.807, 2.05) is 0 Å². The third-order valence-corrected chi connectivity index (χ3v) is 16.2. The Morgan fingerprint density at radius 1 is 0.615 bits per heavy atom. The summed E-state index contributed by atoms with van der Waals surface area (Å²) in [4.78, 5) is 27.3. The summed E-state index contributed by atoms with van der Waals surface area (Å²) in [6.07, 6.45) is -0.525. The number of ketones is 1. The zero-order chi connectivity index (χ0) is 27.4. The fraction of sp³-hybridized carbons (Fsp3) is 0.0667. The molecule has 3 unspecified atom stereocenters. The van der Waals surface area contributed by atoms with Crippen LogP contribution in [0, 0.1) is 0 Å². The molecule has 6 nitrogen and oxygen atoms in total. The monoisotopic (exact) mass is 574 g/mol. The van der Waals surface area contributed by atoms with Crippen molar-refractivity contribution in [1.82, 2.24) is 0 Å². The van der Waals surface area contributed by atoms with Gasteiger partial charge in [0.25, 0.3) is 0 Å². The second kappa shape index (κ2) is 11.7. The lowest BCUT2D eigenvalue weighted by Gasteiger charge is -2.31. The topological polar surface area (TPSA) is 98.5 Å². The molecular weight excluding hydrogens is 549 g/mol. The Morgan fingerprint density at radius 3 is 1.49 bits per heavy atom. The molecule has 0 saturated heterocycles. The van der Waals surface area contributed by atoms with E-state index in [9.17, 15) is 23.3 Å². The van der Waals surface area contributed by atoms with Crippen LogP contribution in [0.3, 0.4) is 0 Å². The Kier molecular flexibility index (Phi) is 8.10. The molecule has 5 aromatic rings. The Hall–Kier alpha value is -3.55. The van der Waals surface area contributed by atoms with Crippen molar-refractivity contribution in [1.29, 1.82) is 0 Å². The molecule has 0 radical (unpaired) electrons. The molecule has 3 atom stereocenters. The Morgan fingerprint density at radius 2 is 1.03 bits per heavy atom. The molecule has 0 aliphatic heterocycles. The van der Waals surface area contributed by atoms with Gasteiger partial charge in [-0.1, -0.05) is 109 Å². The third kappa shape index (κ3) is 5.21. The van der Waals surface area contributed by atoms with Crippen LogP contribution in [0.25, 0.3) is 11.0 Å². The van der Waals surface area contributed by atoms with Gasteiger partial charge in [0.15, 0.2) is 10.4 Å². The molecule has 0 aliphatic carbocycles. The number of carbonyl (C=O) groups excluding carboxylic acids is 1. The maximum Gasteiger partial charge on any atom is 0.339 e. The lowest BCUT2D eigenvalue weighted by molar-refractivity contribution is -0.117. The van der Waals surface area contributed by atoms with E-state index in [1.165, 1.54) is 0 Å². The van der Waals surface area contributed by atoms with E-state index in [0.29, 0.717) is 26.9 Å². The number of para-hydroxylation sites is 1. The van der Waals surface area contributed by atoms with Gasteiger partial charge >= 0.3 is 5.63 Å². The van der Waals surface area contributed by atoms with Crippen LogP contribution in [0.15, 0.2) is 131 Å². The zero-order valence-electron chi connectivity index (χ0n) is 20.7. The van der Waals surface area contributed by atoms with Crippen LogP contribution in [0.4, 0.5) is 0 Å². The van der Waals surface area contributed by atoms with E-state index in [1.54, 1.807) is 121 Å². The predicted octanol–water partition coefficient (Wildman–Crippen LogP) is 5.21. The zero-order valence-corrected chi connectivity index (χ0v) is 23.7. The molecule has 4 aromatic carbocycles. The first-order valence-electron chi connectivity index (χ1n) is 12.3. The molecule has 0 spiro atoms. The first kappa shape index (κ1) is 27.0. The molecule has 5 rings (SSSR count). The van der Waals surface area contributed by atoms with E-state index in [2.05, 4.69) is 0 Å². The maximum absolute atomic E-state index is 14.5. The molecule has 0 bridgehead atoms. The van der Waals surface area contributed by atoms with E-state index >= 15 is 0 Å². The number of rotatable bonds is 9. The number of benzene rings is 4. The van der Waals surface area contributed by atoms with Crippen molar-refractivity contribution in [2.45, 2.75) is 11.1 Å². The number of hydrogen-bond donors (Lipinski definition) is 0. The average Bonchev–Trinajstić information content (AvgIpc) is 2.99. The molecule has 1 aromatic heterocycles. The lowest BCUT2D eigenvalue weighted by atomic mass is 10.1. The summed E-state index contributed by atoms with van der Waals surface area (Å²) in [6.45, 7) is 0. The van der Waals surface area contributed by atoms with Crippen LogP contribution in [0.1, 0.15) is 5.56 Å². The van der Waals surface area contributed by atoms with Gasteiger partial charge in [0.05, 0.1) is 0 Å². The first-order valence-corrected chi connectivity index (χ1v) is 16.5. The van der Waals surface area contributed by atoms with Crippen molar-refractivity contribution < 1.29 is 22.9 Å². The summed E-state index contributed by atoms with van der Waals surface area (Å²) in [7, 11) is -9.89. The predicted molar refractivity (Wildman–Crippen MR) is 159 cm³/mol. The van der Waals surface area contributed by atoms with Gasteiger partial charge in [-0.25, -0.2) is 4.79 Å². The summed E-state index contributed by atoms with van der Waals surface area (Å²) in [6, 6.07) is 33.2. The molecule has 0 saturated carbocycles. The minimum Gasteiger partial charge on any atom is -0.423 e. The summed E-state index contributed by atoms with van der Waals surface area (Å²) in [5, 5.41) is 1.49. The number of carbonyl (C=O) groups is 1. The van der Waals surface area contributed by atoms with Gasteiger partial charge < -0.3 is 18.1 Å². The highest BCUT2D eigenvalue weighted by Gasteiger charge is 2.55. The Bertz CT molecular complexity index is 1640. The molecule has 0 N–H and O–H groups in total. The second-order valence-corrected chi connectivity index (χ2v) is 16.5. The minimum absolute atomic E-state index is 0.0247. The lowest BCUT2D eigenvalue weighted by Crippen LogP contribution is -2.37. The van der Waals surface area contributed by atoms with Crippen LogP contribution in [0.2, 0.25) is 0 Å². The van der Waals surface area contributed by atoms with Crippen LogP contribution in [0.5, 0.6) is 0 Å². The fourth-order valence-electron chi connectivity index (χ4n) is 4.64. The van der Waals surface area contributed by atoms with Crippen LogP contribution >= 0.6 is 23.4 Å². The number of hydrogen-bond acceptors (Lipinski definition) is 6. The van der Waals surface area contributed by atoms with Crippen molar-refractivity contribution in [3.63, 3.8) is 0 Å². The van der Waals surface area contributed by atoms with Crippen LogP contribution in [-0.2, 0) is 24.9 Å². The summed E-state index contributed by atoms with van der Waals surface area (Å²) < 4.78 is 46.8. The summed E-state index contributed by atoms with van der Waals surface area (Å²) in [5.41, 5.74) is -0.343. The quantitative estimate of drug-likeness (QED) is 0.177. The largest absolute Gasteiger partial charge is 0.423 e. The van der Waals surface area contributed by atoms with Gasteiger partial charge in [-0.2, -0.15) is 0 Å². The first-order chi connectivity index (χ1) is 18.9. The molecule has 0 aliphatic rings. The van der Waals surface area contributed by atoms with Crippen molar-refractivity contribution in [2.24, 2.45) is 0 Å². The fourth-order valence-corrected chi connectivity index (χ4v) is 13.5. The molecule has 0 amide bonds. The van der Waals surface area contributed by atoms with Gasteiger partial charge in [-0.05, 0) is 12.1 Å². The summed E-state index contributed by atoms with van der Waals surface area (Å²) in [5.74, 6) is -0.765. The smallest absolute Gasteiger partial charge is 0.339 e. The standard InChI is InChI=1S/C30H25O6P3/c31-28(21-23-20-22-12-10-11-19-27(22)36-29(23)32)30(37(33)24-13-4-1-5-14-24,38(34)25-15-6-2-7-16-25)39(35)26-17-8-3-9-18-26/h1-20,37-39H,21H2. The van der Waals surface area contributed by atoms with E-state index < -0.39 is 45.9 Å². The highest BCUT2D eigenvalue weighted by atomic mass is 31.2. The van der Waals surface area contributed by atoms with Crippen molar-refractivity contribution in [2.75, 3.05) is 0 Å². The molecule has 0 fully saturated rings. The summed E-state index contributed by atoms with van der Waals surface area (Å²) >= 11 is 0. The van der Waals surface area contributed by atoms with E-state index in [4.69, 9.17) is 4.42 Å². The average molecular weight is 574 g/mol. The van der Waals surface area contributed by atoms with Gasteiger partial charge in [-0.3, -0.25) is 4.79 Å². The van der Waals surface area contributed by atoms with Crippen molar-refractivity contribution in [3.05, 3.63) is 137 Å².